The maximum absolute atomic E-state index is 10.9. The summed E-state index contributed by atoms with van der Waals surface area (Å²) in [6.45, 7) is 0. The van der Waals surface area contributed by atoms with Crippen molar-refractivity contribution in [3.8, 4) is 11.5 Å². The van der Waals surface area contributed by atoms with E-state index >= 15 is 0 Å². The first-order valence-corrected chi connectivity index (χ1v) is 4.44. The summed E-state index contributed by atoms with van der Waals surface area (Å²) >= 11 is 0. The summed E-state index contributed by atoms with van der Waals surface area (Å²) in [5.74, 6) is -2.43. The van der Waals surface area contributed by atoms with Crippen molar-refractivity contribution < 1.29 is 20.1 Å². The average molecular weight is 234 g/mol. The largest absolute Gasteiger partial charge is 0.505 e. The van der Waals surface area contributed by atoms with E-state index in [9.17, 15) is 15.0 Å². The highest BCUT2D eigenvalue weighted by Crippen LogP contribution is 2.45. The van der Waals surface area contributed by atoms with Gasteiger partial charge >= 0.3 is 5.97 Å². The minimum Gasteiger partial charge on any atom is -0.505 e. The third kappa shape index (κ3) is 2.41. The number of hydrogen-bond acceptors (Lipinski definition) is 7. The lowest BCUT2D eigenvalue weighted by molar-refractivity contribution is 0.0697. The summed E-state index contributed by atoms with van der Waals surface area (Å²) in [5, 5.41) is 41.9. The van der Waals surface area contributed by atoms with Crippen molar-refractivity contribution in [2.24, 2.45) is 20.3 Å². The molecular formula is C7H8B2N4O4. The minimum absolute atomic E-state index is 0.250. The van der Waals surface area contributed by atoms with Crippen molar-refractivity contribution in [1.29, 1.82) is 0 Å². The molecule has 8 nitrogen and oxygen atoms in total. The number of benzene rings is 1. The van der Waals surface area contributed by atoms with Gasteiger partial charge in [0.15, 0.2) is 11.4 Å². The molecule has 0 atom stereocenters. The Bertz CT molecular complexity index is 517. The molecule has 86 valence electrons. The molecule has 0 spiro atoms. The van der Waals surface area contributed by atoms with E-state index in [1.807, 2.05) is 0 Å². The van der Waals surface area contributed by atoms with Gasteiger partial charge in [-0.05, 0) is 6.07 Å². The molecule has 0 saturated heterocycles. The fourth-order valence-corrected chi connectivity index (χ4v) is 1.20. The number of carboxylic acids is 1. The number of carboxylic acid groups (broad SMARTS) is 1. The molecule has 1 rings (SSSR count). The van der Waals surface area contributed by atoms with Crippen LogP contribution in [0.1, 0.15) is 10.4 Å². The van der Waals surface area contributed by atoms with E-state index in [-0.39, 0.29) is 16.9 Å². The Labute approximate surface area is 97.6 Å². The van der Waals surface area contributed by atoms with Gasteiger partial charge in [0.25, 0.3) is 16.0 Å². The van der Waals surface area contributed by atoms with Gasteiger partial charge in [-0.25, -0.2) is 4.79 Å². The predicted octanol–water partition coefficient (Wildman–Crippen LogP) is 0.0596. The lowest BCUT2D eigenvalue weighted by Gasteiger charge is -2.07. The molecule has 1 aromatic rings. The van der Waals surface area contributed by atoms with Crippen LogP contribution in [0.25, 0.3) is 0 Å². The van der Waals surface area contributed by atoms with Crippen molar-refractivity contribution in [1.82, 2.24) is 0 Å². The van der Waals surface area contributed by atoms with Crippen molar-refractivity contribution in [2.75, 3.05) is 0 Å². The van der Waals surface area contributed by atoms with E-state index in [0.29, 0.717) is 0 Å². The lowest BCUT2D eigenvalue weighted by Crippen LogP contribution is -1.96. The Morgan fingerprint density at radius 2 is 1.65 bits per heavy atom. The number of aromatic carboxylic acids is 1. The smallest absolute Gasteiger partial charge is 0.338 e. The number of nitrogens with zero attached hydrogens (tertiary/aromatic N) is 4. The van der Waals surface area contributed by atoms with Gasteiger partial charge in [0.05, 0.1) is 5.56 Å². The van der Waals surface area contributed by atoms with Crippen LogP contribution in [0.2, 0.25) is 0 Å². The molecule has 0 amide bonds. The number of aromatic hydroxyl groups is 2. The normalized spacial score (nSPS) is 11.3. The highest BCUT2D eigenvalue weighted by atomic mass is 16.4. The highest BCUT2D eigenvalue weighted by Gasteiger charge is 2.21. The van der Waals surface area contributed by atoms with Crippen molar-refractivity contribution in [2.45, 2.75) is 0 Å². The van der Waals surface area contributed by atoms with Gasteiger partial charge in [0.2, 0.25) is 0 Å². The van der Waals surface area contributed by atoms with Gasteiger partial charge in [-0.2, -0.15) is 10.2 Å². The Morgan fingerprint density at radius 3 is 2.12 bits per heavy atom. The summed E-state index contributed by atoms with van der Waals surface area (Å²) in [4.78, 5) is 10.9. The monoisotopic (exact) mass is 234 g/mol. The third-order valence-corrected chi connectivity index (χ3v) is 1.86. The average Bonchev–Trinajstić information content (AvgIpc) is 2.27. The van der Waals surface area contributed by atoms with Gasteiger partial charge in [-0.15, -0.1) is 0 Å². The summed E-state index contributed by atoms with van der Waals surface area (Å²) in [7, 11) is 2.66. The molecule has 0 aromatic heterocycles. The van der Waals surface area contributed by atoms with E-state index in [2.05, 4.69) is 20.3 Å². The zero-order valence-electron chi connectivity index (χ0n) is 9.12. The highest BCUT2D eigenvalue weighted by molar-refractivity contribution is 6.05. The SMILES string of the molecule is B/N=N\c1c(O)cc(C(=O)O)c(/N=N\B)c1O. The fourth-order valence-electron chi connectivity index (χ4n) is 1.20. The number of phenols is 2. The lowest BCUT2D eigenvalue weighted by atomic mass is 10.1. The molecule has 1 aromatic carbocycles. The van der Waals surface area contributed by atoms with Crippen LogP contribution in [-0.2, 0) is 0 Å². The Hall–Kier alpha value is -2.38. The molecule has 0 aliphatic carbocycles. The third-order valence-electron chi connectivity index (χ3n) is 1.86. The zero-order valence-corrected chi connectivity index (χ0v) is 9.12. The van der Waals surface area contributed by atoms with Gasteiger partial charge in [0, 0.05) is 0 Å². The van der Waals surface area contributed by atoms with Crippen LogP contribution >= 0.6 is 0 Å². The summed E-state index contributed by atoms with van der Waals surface area (Å²) in [6.07, 6.45) is 0. The van der Waals surface area contributed by atoms with Gasteiger partial charge < -0.3 is 15.3 Å². The van der Waals surface area contributed by atoms with E-state index in [4.69, 9.17) is 5.11 Å². The number of hydrogen-bond donors (Lipinski definition) is 3. The summed E-state index contributed by atoms with van der Waals surface area (Å²) < 4.78 is 0. The van der Waals surface area contributed by atoms with Crippen LogP contribution in [-0.4, -0.2) is 37.3 Å². The van der Waals surface area contributed by atoms with Crippen molar-refractivity contribution in [3.63, 3.8) is 0 Å². The van der Waals surface area contributed by atoms with Crippen LogP contribution in [0, 0.1) is 0 Å². The molecule has 17 heavy (non-hydrogen) atoms. The number of phenolic OH excluding ortho intramolecular Hbond substituents is 2. The first kappa shape index (κ1) is 12.7. The van der Waals surface area contributed by atoms with Crippen LogP contribution in [0.5, 0.6) is 11.5 Å². The molecule has 0 bridgehead atoms. The molecule has 0 aliphatic heterocycles. The molecule has 0 radical (unpaired) electrons. The van der Waals surface area contributed by atoms with Crippen LogP contribution in [0.15, 0.2) is 26.3 Å². The first-order chi connectivity index (χ1) is 8.02. The van der Waals surface area contributed by atoms with E-state index in [0.717, 1.165) is 6.07 Å². The summed E-state index contributed by atoms with van der Waals surface area (Å²) in [5.41, 5.74) is -0.902. The van der Waals surface area contributed by atoms with Crippen LogP contribution < -0.4 is 0 Å². The molecule has 3 N–H and O–H groups in total. The molecule has 0 heterocycles. The summed E-state index contributed by atoms with van der Waals surface area (Å²) in [6, 6.07) is 0.927. The minimum atomic E-state index is -1.35. The topological polar surface area (TPSA) is 127 Å². The molecule has 10 heteroatoms. The van der Waals surface area contributed by atoms with Crippen molar-refractivity contribution in [3.05, 3.63) is 11.6 Å². The predicted molar refractivity (Wildman–Crippen MR) is 62.9 cm³/mol. The maximum Gasteiger partial charge on any atom is 0.338 e. The Morgan fingerprint density at radius 1 is 1.12 bits per heavy atom. The standard InChI is InChI=1S/C7H8B2N4O4/c8-12-10-4-2(7(16)17)1-3(14)5(6(4)15)11-13-9/h1,14-15H,8-9H2,(H,16,17)/b12-10-,13-11-. The second-order valence-electron chi connectivity index (χ2n) is 2.89. The molecule has 0 aliphatic rings. The van der Waals surface area contributed by atoms with Crippen LogP contribution in [0.3, 0.4) is 0 Å². The number of carbonyl (C=O) groups is 1. The second-order valence-corrected chi connectivity index (χ2v) is 2.89. The molecule has 0 fully saturated rings. The Kier molecular flexibility index (Phi) is 3.81. The van der Waals surface area contributed by atoms with Crippen molar-refractivity contribution >= 4 is 33.3 Å². The maximum atomic E-state index is 10.9. The molecule has 0 unspecified atom stereocenters. The quantitative estimate of drug-likeness (QED) is 0.504. The van der Waals surface area contributed by atoms with Crippen LogP contribution in [0.4, 0.5) is 11.4 Å². The Balaban J connectivity index is 3.63. The van der Waals surface area contributed by atoms with Gasteiger partial charge in [-0.1, -0.05) is 0 Å². The molecule has 0 saturated carbocycles. The van der Waals surface area contributed by atoms with E-state index in [1.54, 1.807) is 0 Å². The van der Waals surface area contributed by atoms with Gasteiger partial charge in [-0.3, -0.25) is 10.1 Å². The second kappa shape index (κ2) is 5.10. The van der Waals surface area contributed by atoms with E-state index in [1.165, 1.54) is 16.0 Å². The first-order valence-electron chi connectivity index (χ1n) is 4.44. The fraction of sp³-hybridized carbons (Fsp3) is 0. The van der Waals surface area contributed by atoms with E-state index < -0.39 is 17.5 Å². The van der Waals surface area contributed by atoms with Gasteiger partial charge in [0.1, 0.15) is 11.4 Å². The number of rotatable bonds is 3. The zero-order chi connectivity index (χ0) is 13.0. The molecular weight excluding hydrogens is 226 g/mol.